The Balaban J connectivity index is 0. The van der Waals surface area contributed by atoms with Crippen LogP contribution in [0.5, 0.6) is 0 Å². The van der Waals surface area contributed by atoms with E-state index in [-0.39, 0.29) is 5.54 Å². The highest BCUT2D eigenvalue weighted by Gasteiger charge is 2.26. The molecule has 0 aromatic heterocycles. The van der Waals surface area contributed by atoms with Gasteiger partial charge in [-0.2, -0.15) is 0 Å². The number of nitrogens with zero attached hydrogens (tertiary/aromatic N) is 2. The number of nitrogens with two attached hydrogens (primary N) is 1. The van der Waals surface area contributed by atoms with Gasteiger partial charge in [0, 0.05) is 18.6 Å². The van der Waals surface area contributed by atoms with Crippen LogP contribution in [-0.2, 0) is 0 Å². The molecule has 0 saturated heterocycles. The lowest BCUT2D eigenvalue weighted by Gasteiger charge is -2.33. The Bertz CT molecular complexity index is 154. The quantitative estimate of drug-likeness (QED) is 0.805. The summed E-state index contributed by atoms with van der Waals surface area (Å²) in [5, 5.41) is 0. The fraction of sp³-hybridized carbons (Fsp3) is 1.00. The van der Waals surface area contributed by atoms with Gasteiger partial charge < -0.3 is 15.5 Å². The summed E-state index contributed by atoms with van der Waals surface area (Å²) in [5.41, 5.74) is 6.00. The molecular formula is C14H35N3. The molecule has 0 aliphatic rings. The monoisotopic (exact) mass is 245 g/mol. The molecule has 0 amide bonds. The van der Waals surface area contributed by atoms with Gasteiger partial charge in [0.2, 0.25) is 0 Å². The number of hydrogen-bond acceptors (Lipinski definition) is 3. The van der Waals surface area contributed by atoms with E-state index in [1.54, 1.807) is 0 Å². The van der Waals surface area contributed by atoms with Crippen LogP contribution in [0.1, 0.15) is 34.6 Å². The minimum absolute atomic E-state index is 0.000000000000000222. The second-order valence-corrected chi connectivity index (χ2v) is 6.28. The standard InChI is InChI=1S/C8H19N.C6H16N2/c1-6(2)8(5,9)7(3)4;1-7(2)5-6-8(3)4/h6-7H,9H2,1-5H3;5-6H2,1-4H3. The minimum Gasteiger partial charge on any atom is -0.325 e. The van der Waals surface area contributed by atoms with E-state index in [9.17, 15) is 0 Å². The Morgan fingerprint density at radius 3 is 1.12 bits per heavy atom. The largest absolute Gasteiger partial charge is 0.325 e. The Labute approximate surface area is 109 Å². The molecule has 0 bridgehead atoms. The molecule has 106 valence electrons. The van der Waals surface area contributed by atoms with Crippen molar-refractivity contribution in [3.63, 3.8) is 0 Å². The summed E-state index contributed by atoms with van der Waals surface area (Å²) in [5.74, 6) is 1.13. The summed E-state index contributed by atoms with van der Waals surface area (Å²) in [4.78, 5) is 4.36. The van der Waals surface area contributed by atoms with E-state index in [0.717, 1.165) is 13.1 Å². The summed E-state index contributed by atoms with van der Waals surface area (Å²) in [6, 6.07) is 0. The predicted molar refractivity (Wildman–Crippen MR) is 79.4 cm³/mol. The molecule has 3 nitrogen and oxygen atoms in total. The third-order valence-electron chi connectivity index (χ3n) is 3.48. The molecular weight excluding hydrogens is 210 g/mol. The van der Waals surface area contributed by atoms with Crippen LogP contribution in [-0.4, -0.2) is 56.6 Å². The Morgan fingerprint density at radius 2 is 1.06 bits per heavy atom. The average molecular weight is 245 g/mol. The van der Waals surface area contributed by atoms with Crippen molar-refractivity contribution in [1.29, 1.82) is 0 Å². The minimum atomic E-state index is 0.000000000000000222. The molecule has 0 atom stereocenters. The molecule has 0 aromatic carbocycles. The van der Waals surface area contributed by atoms with Gasteiger partial charge >= 0.3 is 0 Å². The van der Waals surface area contributed by atoms with Gasteiger partial charge in [-0.1, -0.05) is 27.7 Å². The van der Waals surface area contributed by atoms with Gasteiger partial charge in [0.15, 0.2) is 0 Å². The lowest BCUT2D eigenvalue weighted by molar-refractivity contribution is 0.250. The normalized spacial score (nSPS) is 12.4. The first-order chi connectivity index (χ1) is 7.51. The van der Waals surface area contributed by atoms with E-state index >= 15 is 0 Å². The number of rotatable bonds is 5. The zero-order chi connectivity index (χ0) is 14.2. The zero-order valence-corrected chi connectivity index (χ0v) is 13.5. The fourth-order valence-corrected chi connectivity index (χ4v) is 1.07. The summed E-state index contributed by atoms with van der Waals surface area (Å²) in [6.07, 6.45) is 0. The van der Waals surface area contributed by atoms with Gasteiger partial charge in [-0.15, -0.1) is 0 Å². The van der Waals surface area contributed by atoms with Crippen molar-refractivity contribution in [1.82, 2.24) is 9.80 Å². The molecule has 0 unspecified atom stereocenters. The summed E-state index contributed by atoms with van der Waals surface area (Å²) >= 11 is 0. The molecule has 2 N–H and O–H groups in total. The van der Waals surface area contributed by atoms with Gasteiger partial charge in [0.05, 0.1) is 0 Å². The average Bonchev–Trinajstić information content (AvgIpc) is 2.15. The van der Waals surface area contributed by atoms with Crippen LogP contribution < -0.4 is 5.73 Å². The maximum atomic E-state index is 6.00. The number of hydrogen-bond donors (Lipinski definition) is 1. The van der Waals surface area contributed by atoms with Crippen LogP contribution in [0.3, 0.4) is 0 Å². The van der Waals surface area contributed by atoms with Gasteiger partial charge in [-0.05, 0) is 47.0 Å². The van der Waals surface area contributed by atoms with Crippen LogP contribution in [0.4, 0.5) is 0 Å². The highest BCUT2D eigenvalue weighted by Crippen LogP contribution is 2.21. The second-order valence-electron chi connectivity index (χ2n) is 6.28. The lowest BCUT2D eigenvalue weighted by atomic mass is 9.80. The van der Waals surface area contributed by atoms with Crippen molar-refractivity contribution in [2.45, 2.75) is 40.2 Å². The first-order valence-corrected chi connectivity index (χ1v) is 6.60. The molecule has 3 heteroatoms. The van der Waals surface area contributed by atoms with Gasteiger partial charge in [-0.25, -0.2) is 0 Å². The fourth-order valence-electron chi connectivity index (χ4n) is 1.07. The zero-order valence-electron chi connectivity index (χ0n) is 13.5. The van der Waals surface area contributed by atoms with Crippen molar-refractivity contribution in [3.05, 3.63) is 0 Å². The van der Waals surface area contributed by atoms with Crippen LogP contribution in [0.2, 0.25) is 0 Å². The van der Waals surface area contributed by atoms with Crippen LogP contribution >= 0.6 is 0 Å². The van der Waals surface area contributed by atoms with Crippen LogP contribution in [0, 0.1) is 11.8 Å². The second kappa shape index (κ2) is 8.90. The summed E-state index contributed by atoms with van der Waals surface area (Å²) in [6.45, 7) is 13.1. The number of likely N-dealkylation sites (N-methyl/N-ethyl adjacent to an activating group) is 2. The van der Waals surface area contributed by atoms with Crippen LogP contribution in [0.25, 0.3) is 0 Å². The molecule has 0 rings (SSSR count). The molecule has 17 heavy (non-hydrogen) atoms. The van der Waals surface area contributed by atoms with E-state index in [2.05, 4.69) is 72.6 Å². The molecule has 0 radical (unpaired) electrons. The SMILES string of the molecule is CC(C)C(C)(N)C(C)C.CN(C)CCN(C)C. The molecule has 0 aromatic rings. The van der Waals surface area contributed by atoms with Crippen molar-refractivity contribution in [3.8, 4) is 0 Å². The lowest BCUT2D eigenvalue weighted by Crippen LogP contribution is -2.46. The Morgan fingerprint density at radius 1 is 0.824 bits per heavy atom. The maximum Gasteiger partial charge on any atom is 0.0172 e. The van der Waals surface area contributed by atoms with Gasteiger partial charge in [-0.3, -0.25) is 0 Å². The first-order valence-electron chi connectivity index (χ1n) is 6.60. The van der Waals surface area contributed by atoms with E-state index in [1.807, 2.05) is 0 Å². The van der Waals surface area contributed by atoms with E-state index in [4.69, 9.17) is 5.73 Å². The Kier molecular flexibility index (Phi) is 10.1. The maximum absolute atomic E-state index is 6.00. The molecule has 0 spiro atoms. The predicted octanol–water partition coefficient (Wildman–Crippen LogP) is 2.13. The third kappa shape index (κ3) is 10.7. The molecule has 0 saturated carbocycles. The van der Waals surface area contributed by atoms with Crippen molar-refractivity contribution < 1.29 is 0 Å². The molecule has 0 fully saturated rings. The highest BCUT2D eigenvalue weighted by atomic mass is 15.1. The van der Waals surface area contributed by atoms with Crippen molar-refractivity contribution in [2.24, 2.45) is 17.6 Å². The molecule has 0 aliphatic carbocycles. The Hall–Kier alpha value is -0.120. The van der Waals surface area contributed by atoms with Crippen LogP contribution in [0.15, 0.2) is 0 Å². The van der Waals surface area contributed by atoms with Crippen molar-refractivity contribution in [2.75, 3.05) is 41.3 Å². The third-order valence-corrected chi connectivity index (χ3v) is 3.48. The van der Waals surface area contributed by atoms with Gasteiger partial charge in [0.25, 0.3) is 0 Å². The van der Waals surface area contributed by atoms with E-state index < -0.39 is 0 Å². The smallest absolute Gasteiger partial charge is 0.0172 e. The van der Waals surface area contributed by atoms with Crippen molar-refractivity contribution >= 4 is 0 Å². The van der Waals surface area contributed by atoms with E-state index in [0.29, 0.717) is 11.8 Å². The molecule has 0 aliphatic heterocycles. The summed E-state index contributed by atoms with van der Waals surface area (Å²) < 4.78 is 0. The first kappa shape index (κ1) is 19.2. The topological polar surface area (TPSA) is 32.5 Å². The van der Waals surface area contributed by atoms with E-state index in [1.165, 1.54) is 0 Å². The van der Waals surface area contributed by atoms with Gasteiger partial charge in [0.1, 0.15) is 0 Å². The highest BCUT2D eigenvalue weighted by molar-refractivity contribution is 4.84. The molecule has 0 heterocycles. The summed E-state index contributed by atoms with van der Waals surface area (Å²) in [7, 11) is 8.35.